The maximum Gasteiger partial charge on any atom is 0.417 e. The number of anilines is 3. The first-order valence-corrected chi connectivity index (χ1v) is 11.6. The van der Waals surface area contributed by atoms with Crippen molar-refractivity contribution in [1.82, 2.24) is 15.0 Å². The molecule has 188 valence electrons. The third-order valence-corrected chi connectivity index (χ3v) is 6.09. The van der Waals surface area contributed by atoms with Gasteiger partial charge in [-0.25, -0.2) is 15.0 Å². The molecule has 1 saturated carbocycles. The number of amides is 1. The van der Waals surface area contributed by atoms with Gasteiger partial charge in [-0.05, 0) is 50.1 Å². The lowest BCUT2D eigenvalue weighted by Crippen LogP contribution is -2.32. The molecule has 8 nitrogen and oxygen atoms in total. The fraction of sp³-hybridized carbons (Fsp3) is 0.333. The van der Waals surface area contributed by atoms with Crippen molar-refractivity contribution in [3.63, 3.8) is 0 Å². The van der Waals surface area contributed by atoms with Gasteiger partial charge in [0.1, 0.15) is 16.8 Å². The predicted molar refractivity (Wildman–Crippen MR) is 125 cm³/mol. The Kier molecular flexibility index (Phi) is 6.31. The van der Waals surface area contributed by atoms with Crippen LogP contribution < -0.4 is 10.6 Å². The van der Waals surface area contributed by atoms with Crippen molar-refractivity contribution >= 4 is 34.8 Å². The van der Waals surface area contributed by atoms with E-state index < -0.39 is 23.4 Å². The minimum Gasteiger partial charge on any atom is -0.343 e. The maximum atomic E-state index is 13.1. The second kappa shape index (κ2) is 9.30. The van der Waals surface area contributed by atoms with Crippen LogP contribution in [0.15, 0.2) is 48.9 Å². The number of hydrogen-bond donors (Lipinski definition) is 2. The first-order valence-electron chi connectivity index (χ1n) is 11.2. The van der Waals surface area contributed by atoms with E-state index in [2.05, 4.69) is 25.6 Å². The summed E-state index contributed by atoms with van der Waals surface area (Å²) in [4.78, 5) is 25.1. The van der Waals surface area contributed by atoms with Gasteiger partial charge in [0.2, 0.25) is 0 Å². The van der Waals surface area contributed by atoms with E-state index in [1.54, 1.807) is 6.07 Å². The lowest BCUT2D eigenvalue weighted by molar-refractivity contribution is -0.190. The molecule has 0 spiro atoms. The molecule has 12 heteroatoms. The minimum atomic E-state index is -4.48. The first kappa shape index (κ1) is 24.4. The summed E-state index contributed by atoms with van der Waals surface area (Å²) >= 11 is 6.18. The average molecular weight is 520 g/mol. The predicted octanol–water partition coefficient (Wildman–Crippen LogP) is 5.54. The molecule has 4 heterocycles. The van der Waals surface area contributed by atoms with E-state index in [-0.39, 0.29) is 34.4 Å². The number of alkyl halides is 3. The van der Waals surface area contributed by atoms with Crippen molar-refractivity contribution in [2.24, 2.45) is 5.92 Å². The van der Waals surface area contributed by atoms with E-state index in [4.69, 9.17) is 21.1 Å². The van der Waals surface area contributed by atoms with Gasteiger partial charge < -0.3 is 20.1 Å². The van der Waals surface area contributed by atoms with Crippen molar-refractivity contribution in [3.05, 3.63) is 70.8 Å². The lowest BCUT2D eigenvalue weighted by Gasteiger charge is -2.30. The SMILES string of the molecule is C[C@H]1COC(c2cc(Cl)ncc2NC(=O)c2ccnc(Nc3ccc(C(F)(F)F)cn3)c2)(C2CC2)O1. The van der Waals surface area contributed by atoms with Crippen LogP contribution in [-0.2, 0) is 21.4 Å². The molecule has 1 unspecified atom stereocenters. The summed E-state index contributed by atoms with van der Waals surface area (Å²) in [7, 11) is 0. The summed E-state index contributed by atoms with van der Waals surface area (Å²) in [6.45, 7) is 2.34. The Morgan fingerprint density at radius 1 is 1.11 bits per heavy atom. The van der Waals surface area contributed by atoms with Crippen LogP contribution in [0.25, 0.3) is 0 Å². The summed E-state index contributed by atoms with van der Waals surface area (Å²) in [5.74, 6) is -0.940. The molecule has 1 aliphatic heterocycles. The van der Waals surface area contributed by atoms with E-state index in [1.807, 2.05) is 6.92 Å². The third kappa shape index (κ3) is 4.99. The number of hydrogen-bond acceptors (Lipinski definition) is 7. The number of pyridine rings is 3. The van der Waals surface area contributed by atoms with Gasteiger partial charge in [0.15, 0.2) is 5.79 Å². The Morgan fingerprint density at radius 3 is 2.56 bits per heavy atom. The van der Waals surface area contributed by atoms with Gasteiger partial charge in [0.25, 0.3) is 5.91 Å². The fourth-order valence-corrected chi connectivity index (χ4v) is 4.22. The topological polar surface area (TPSA) is 98.3 Å². The Bertz CT molecular complexity index is 1290. The summed E-state index contributed by atoms with van der Waals surface area (Å²) in [5.41, 5.74) is 0.391. The summed E-state index contributed by atoms with van der Waals surface area (Å²) in [5, 5.41) is 5.90. The Morgan fingerprint density at radius 2 is 1.92 bits per heavy atom. The molecule has 5 rings (SSSR count). The second-order valence-corrected chi connectivity index (χ2v) is 9.06. The van der Waals surface area contributed by atoms with Crippen LogP contribution in [0.4, 0.5) is 30.5 Å². The molecular formula is C24H21ClF3N5O3. The van der Waals surface area contributed by atoms with Crippen LogP contribution in [0.3, 0.4) is 0 Å². The molecule has 2 fully saturated rings. The molecule has 0 bridgehead atoms. The van der Waals surface area contributed by atoms with Crippen molar-refractivity contribution in [3.8, 4) is 0 Å². The van der Waals surface area contributed by atoms with Gasteiger partial charge in [0, 0.05) is 29.4 Å². The summed E-state index contributed by atoms with van der Waals surface area (Å²) in [6, 6.07) is 6.70. The van der Waals surface area contributed by atoms with Crippen LogP contribution in [0.5, 0.6) is 0 Å². The minimum absolute atomic E-state index is 0.117. The van der Waals surface area contributed by atoms with Crippen LogP contribution in [0, 0.1) is 5.92 Å². The van der Waals surface area contributed by atoms with Crippen molar-refractivity contribution in [2.75, 3.05) is 17.2 Å². The van der Waals surface area contributed by atoms with Crippen LogP contribution in [0.1, 0.15) is 41.3 Å². The van der Waals surface area contributed by atoms with Crippen LogP contribution in [0.2, 0.25) is 5.15 Å². The number of carbonyl (C=O) groups is 1. The Labute approximate surface area is 209 Å². The largest absolute Gasteiger partial charge is 0.417 e. The molecule has 3 aromatic rings. The normalized spacial score (nSPS) is 21.9. The van der Waals surface area contributed by atoms with E-state index >= 15 is 0 Å². The zero-order valence-corrected chi connectivity index (χ0v) is 19.7. The highest BCUT2D eigenvalue weighted by atomic mass is 35.5. The smallest absolute Gasteiger partial charge is 0.343 e. The van der Waals surface area contributed by atoms with Gasteiger partial charge in [-0.1, -0.05) is 11.6 Å². The molecule has 1 aliphatic carbocycles. The zero-order chi connectivity index (χ0) is 25.5. The molecule has 2 N–H and O–H groups in total. The van der Waals surface area contributed by atoms with Crippen molar-refractivity contribution in [2.45, 2.75) is 37.8 Å². The van der Waals surface area contributed by atoms with Crippen molar-refractivity contribution in [1.29, 1.82) is 0 Å². The molecule has 36 heavy (non-hydrogen) atoms. The number of carbonyl (C=O) groups excluding carboxylic acids is 1. The van der Waals surface area contributed by atoms with Gasteiger partial charge >= 0.3 is 6.18 Å². The second-order valence-electron chi connectivity index (χ2n) is 8.67. The van der Waals surface area contributed by atoms with Gasteiger partial charge in [0.05, 0.1) is 30.2 Å². The number of nitrogens with one attached hydrogen (secondary N) is 2. The molecule has 0 radical (unpaired) electrons. The molecule has 3 aromatic heterocycles. The summed E-state index contributed by atoms with van der Waals surface area (Å²) < 4.78 is 50.6. The van der Waals surface area contributed by atoms with E-state index in [0.29, 0.717) is 17.9 Å². The van der Waals surface area contributed by atoms with Crippen molar-refractivity contribution < 1.29 is 27.4 Å². The summed E-state index contributed by atoms with van der Waals surface area (Å²) in [6.07, 6.45) is 0.837. The molecule has 1 amide bonds. The van der Waals surface area contributed by atoms with Crippen LogP contribution >= 0.6 is 11.6 Å². The third-order valence-electron chi connectivity index (χ3n) is 5.89. The lowest BCUT2D eigenvalue weighted by atomic mass is 10.00. The Hall–Kier alpha value is -3.28. The monoisotopic (exact) mass is 519 g/mol. The molecule has 1 saturated heterocycles. The number of aromatic nitrogens is 3. The van der Waals surface area contributed by atoms with Gasteiger partial charge in [-0.15, -0.1) is 0 Å². The van der Waals surface area contributed by atoms with E-state index in [9.17, 15) is 18.0 Å². The number of rotatable bonds is 6. The molecular weight excluding hydrogens is 499 g/mol. The average Bonchev–Trinajstić information content (AvgIpc) is 3.62. The highest BCUT2D eigenvalue weighted by Gasteiger charge is 2.54. The van der Waals surface area contributed by atoms with Gasteiger partial charge in [-0.2, -0.15) is 13.2 Å². The molecule has 0 aromatic carbocycles. The highest BCUT2D eigenvalue weighted by Crippen LogP contribution is 2.54. The fourth-order valence-electron chi connectivity index (χ4n) is 4.07. The van der Waals surface area contributed by atoms with E-state index in [1.165, 1.54) is 30.6 Å². The standard InChI is InChI=1S/C24H21ClF3N5O3/c1-13-12-35-23(36-13,15-2-3-15)17-9-19(25)30-11-18(17)32-22(34)14-6-7-29-21(8-14)33-20-5-4-16(10-31-20)24(26,27)28/h4-11,13,15H,2-3,12H2,1H3,(H,32,34)(H,29,31,33)/t13-,23?/m0/s1. The first-order chi connectivity index (χ1) is 17.1. The number of halogens is 4. The molecule has 2 atom stereocenters. The molecule has 2 aliphatic rings. The number of ether oxygens (including phenoxy) is 2. The zero-order valence-electron chi connectivity index (χ0n) is 19.0. The Balaban J connectivity index is 1.36. The van der Waals surface area contributed by atoms with Gasteiger partial charge in [-0.3, -0.25) is 4.79 Å². The highest BCUT2D eigenvalue weighted by molar-refractivity contribution is 6.29. The van der Waals surface area contributed by atoms with E-state index in [0.717, 1.165) is 25.1 Å². The number of nitrogens with zero attached hydrogens (tertiary/aromatic N) is 3. The quantitative estimate of drug-likeness (QED) is 0.413. The maximum absolute atomic E-state index is 13.1. The van der Waals surface area contributed by atoms with Crippen LogP contribution in [-0.4, -0.2) is 33.6 Å².